The molecule has 3 aromatic rings. The number of hydrogen-bond acceptors (Lipinski definition) is 3. The van der Waals surface area contributed by atoms with Crippen LogP contribution in [-0.2, 0) is 16.0 Å². The zero-order valence-electron chi connectivity index (χ0n) is 27.6. The minimum atomic E-state index is -0.426. The lowest BCUT2D eigenvalue weighted by molar-refractivity contribution is -0.972. The number of benzene rings is 3. The number of amides is 2. The Kier molecular flexibility index (Phi) is 11.5. The molecule has 3 aromatic carbocycles. The van der Waals surface area contributed by atoms with Gasteiger partial charge in [0.1, 0.15) is 0 Å². The van der Waals surface area contributed by atoms with Crippen LogP contribution in [0.4, 0.5) is 0 Å². The lowest BCUT2D eigenvalue weighted by Gasteiger charge is -2.56. The van der Waals surface area contributed by atoms with Gasteiger partial charge in [-0.2, -0.15) is 0 Å². The molecule has 2 aliphatic rings. The second-order valence-corrected chi connectivity index (χ2v) is 14.3. The van der Waals surface area contributed by atoms with Crippen molar-refractivity contribution < 1.29 is 14.1 Å². The highest BCUT2D eigenvalue weighted by molar-refractivity contribution is 6.42. The first-order valence-electron chi connectivity index (χ1n) is 16.8. The van der Waals surface area contributed by atoms with Gasteiger partial charge in [0.25, 0.3) is 5.91 Å². The van der Waals surface area contributed by atoms with E-state index in [9.17, 15) is 9.59 Å². The van der Waals surface area contributed by atoms with Crippen molar-refractivity contribution in [2.75, 3.05) is 60.4 Å². The molecule has 2 fully saturated rings. The minimum Gasteiger partial charge on any atom is -0.345 e. The van der Waals surface area contributed by atoms with E-state index in [-0.39, 0.29) is 17.7 Å². The fourth-order valence-electron chi connectivity index (χ4n) is 7.85. The molecule has 0 spiro atoms. The van der Waals surface area contributed by atoms with Gasteiger partial charge < -0.3 is 19.6 Å². The lowest BCUT2D eigenvalue weighted by Crippen LogP contribution is -2.74. The van der Waals surface area contributed by atoms with E-state index in [0.717, 1.165) is 91.6 Å². The van der Waals surface area contributed by atoms with E-state index in [1.807, 2.05) is 67.3 Å². The third kappa shape index (κ3) is 7.62. The fraction of sp³-hybridized carbons (Fsp3) is 0.474. The Labute approximate surface area is 285 Å². The maximum atomic E-state index is 14.1. The molecule has 46 heavy (non-hydrogen) atoms. The third-order valence-corrected chi connectivity index (χ3v) is 11.2. The van der Waals surface area contributed by atoms with Crippen LogP contribution in [0.5, 0.6) is 0 Å². The normalized spacial score (nSPS) is 18.0. The van der Waals surface area contributed by atoms with Gasteiger partial charge in [-0.3, -0.25) is 9.59 Å². The first-order chi connectivity index (χ1) is 22.1. The van der Waals surface area contributed by atoms with Crippen LogP contribution in [0.15, 0.2) is 72.8 Å². The molecule has 2 amide bonds. The van der Waals surface area contributed by atoms with Gasteiger partial charge >= 0.3 is 0 Å². The number of carbonyl (C=O) groups is 2. The van der Waals surface area contributed by atoms with Crippen LogP contribution in [0.3, 0.4) is 0 Å². The van der Waals surface area contributed by atoms with E-state index >= 15 is 0 Å². The average molecular weight is 665 g/mol. The molecule has 1 unspecified atom stereocenters. The zero-order chi connectivity index (χ0) is 32.7. The average Bonchev–Trinajstić information content (AvgIpc) is 3.08. The second kappa shape index (κ2) is 15.3. The molecule has 246 valence electrons. The van der Waals surface area contributed by atoms with Gasteiger partial charge in [0.15, 0.2) is 5.54 Å². The smallest absolute Gasteiger partial charge is 0.283 e. The topological polar surface area (TPSA) is 52.7 Å². The maximum Gasteiger partial charge on any atom is 0.283 e. The minimum absolute atomic E-state index is 0.0503. The van der Waals surface area contributed by atoms with Crippen LogP contribution in [0.1, 0.15) is 55.6 Å². The van der Waals surface area contributed by atoms with E-state index in [1.54, 1.807) is 0 Å². The Morgan fingerprint density at radius 2 is 1.50 bits per heavy atom. The van der Waals surface area contributed by atoms with E-state index < -0.39 is 5.54 Å². The molecule has 0 saturated carbocycles. The predicted octanol–water partition coefficient (Wildman–Crippen LogP) is 7.05. The summed E-state index contributed by atoms with van der Waals surface area (Å²) in [5, 5.41) is 4.56. The first-order valence-corrected chi connectivity index (χ1v) is 17.5. The number of quaternary nitrogens is 1. The number of likely N-dealkylation sites (N-methyl/N-ethyl adjacent to an activating group) is 2. The Bertz CT molecular complexity index is 1470. The summed E-state index contributed by atoms with van der Waals surface area (Å²) >= 11 is 12.9. The van der Waals surface area contributed by atoms with Crippen molar-refractivity contribution in [3.63, 3.8) is 0 Å². The molecule has 5 rings (SSSR count). The molecule has 2 aliphatic heterocycles. The number of carbonyl (C=O) groups excluding carboxylic acids is 2. The van der Waals surface area contributed by atoms with Crippen molar-refractivity contribution in [2.24, 2.45) is 0 Å². The Hall–Kier alpha value is -2.90. The highest BCUT2D eigenvalue weighted by Gasteiger charge is 2.57. The van der Waals surface area contributed by atoms with Crippen molar-refractivity contribution in [1.29, 1.82) is 0 Å². The molecule has 8 heteroatoms. The standard InChI is InChI=1S/C38H49Cl2N4O2/c1-42(2)37(46)38(19-21-41-22-20-38)44(23-8-5-9-24-44)25-18-33(32-16-17-34(39)35(40)27-32)28-43(3)36(45)26-29-12-14-31(15-13-29)30-10-6-4-7-11-30/h4,6-7,10-17,27,33,41H,5,8-9,18-26,28H2,1-3H3/q+1. The molecule has 0 bridgehead atoms. The van der Waals surface area contributed by atoms with E-state index in [0.29, 0.717) is 23.0 Å². The number of piperidine rings is 2. The highest BCUT2D eigenvalue weighted by atomic mass is 35.5. The summed E-state index contributed by atoms with van der Waals surface area (Å²) in [6.07, 6.45) is 6.37. The summed E-state index contributed by atoms with van der Waals surface area (Å²) in [5.41, 5.74) is 3.95. The fourth-order valence-corrected chi connectivity index (χ4v) is 8.16. The molecule has 1 atom stereocenters. The van der Waals surface area contributed by atoms with Crippen LogP contribution >= 0.6 is 23.2 Å². The van der Waals surface area contributed by atoms with Gasteiger partial charge in [0.2, 0.25) is 5.91 Å². The van der Waals surface area contributed by atoms with E-state index in [4.69, 9.17) is 23.2 Å². The first kappa shape index (κ1) is 34.4. The molecule has 0 radical (unpaired) electrons. The highest BCUT2D eigenvalue weighted by Crippen LogP contribution is 2.40. The van der Waals surface area contributed by atoms with Crippen LogP contribution in [0.25, 0.3) is 11.1 Å². The van der Waals surface area contributed by atoms with Gasteiger partial charge in [-0.25, -0.2) is 0 Å². The number of rotatable bonds is 11. The quantitative estimate of drug-likeness (QED) is 0.224. The molecular weight excluding hydrogens is 615 g/mol. The Balaban J connectivity index is 1.36. The van der Waals surface area contributed by atoms with Gasteiger partial charge in [0, 0.05) is 66.0 Å². The lowest BCUT2D eigenvalue weighted by atomic mass is 9.79. The Morgan fingerprint density at radius 3 is 2.13 bits per heavy atom. The Morgan fingerprint density at radius 1 is 0.848 bits per heavy atom. The molecule has 6 nitrogen and oxygen atoms in total. The number of nitrogens with zero attached hydrogens (tertiary/aromatic N) is 3. The molecule has 2 saturated heterocycles. The maximum absolute atomic E-state index is 14.1. The SMILES string of the molecule is CN(C)C(=O)C1([N+]2(CCC(CN(C)C(=O)Cc3ccc(-c4ccccc4)cc3)c3ccc(Cl)c(Cl)c3)CCCCC2)CCNCC1. The van der Waals surface area contributed by atoms with E-state index in [2.05, 4.69) is 41.7 Å². The van der Waals surface area contributed by atoms with Crippen LogP contribution in [-0.4, -0.2) is 92.0 Å². The summed E-state index contributed by atoms with van der Waals surface area (Å²) in [5.74, 6) is 0.388. The number of likely N-dealkylation sites (tertiary alicyclic amines) is 1. The monoisotopic (exact) mass is 663 g/mol. The summed E-state index contributed by atoms with van der Waals surface area (Å²) in [4.78, 5) is 31.3. The van der Waals surface area contributed by atoms with Crippen molar-refractivity contribution in [3.05, 3.63) is 94.0 Å². The summed E-state index contributed by atoms with van der Waals surface area (Å²) in [7, 11) is 5.71. The van der Waals surface area contributed by atoms with Gasteiger partial charge in [-0.1, -0.05) is 83.9 Å². The second-order valence-electron chi connectivity index (χ2n) is 13.5. The van der Waals surface area contributed by atoms with Crippen molar-refractivity contribution in [3.8, 4) is 11.1 Å². The summed E-state index contributed by atoms with van der Waals surface area (Å²) in [6, 6.07) is 24.4. The van der Waals surface area contributed by atoms with Gasteiger partial charge in [-0.05, 0) is 53.6 Å². The van der Waals surface area contributed by atoms with Crippen LogP contribution < -0.4 is 5.32 Å². The van der Waals surface area contributed by atoms with Gasteiger partial charge in [-0.15, -0.1) is 0 Å². The van der Waals surface area contributed by atoms with Crippen molar-refractivity contribution >= 4 is 35.0 Å². The summed E-state index contributed by atoms with van der Waals surface area (Å²) < 4.78 is 0.828. The summed E-state index contributed by atoms with van der Waals surface area (Å²) in [6.45, 7) is 5.20. The number of hydrogen-bond donors (Lipinski definition) is 1. The van der Waals surface area contributed by atoms with Gasteiger partial charge in [0.05, 0.1) is 36.1 Å². The van der Waals surface area contributed by atoms with Crippen LogP contribution in [0, 0.1) is 0 Å². The molecule has 0 aromatic heterocycles. The third-order valence-electron chi connectivity index (χ3n) is 10.5. The predicted molar refractivity (Wildman–Crippen MR) is 189 cm³/mol. The molecular formula is C38H49Cl2N4O2+. The number of nitrogens with one attached hydrogen (secondary N) is 1. The molecule has 1 N–H and O–H groups in total. The zero-order valence-corrected chi connectivity index (χ0v) is 29.1. The van der Waals surface area contributed by atoms with Crippen LogP contribution in [0.2, 0.25) is 10.0 Å². The number of halogens is 2. The molecule has 0 aliphatic carbocycles. The molecule has 2 heterocycles. The van der Waals surface area contributed by atoms with Crippen molar-refractivity contribution in [1.82, 2.24) is 15.1 Å². The van der Waals surface area contributed by atoms with E-state index in [1.165, 1.54) is 6.42 Å². The van der Waals surface area contributed by atoms with Crippen molar-refractivity contribution in [2.45, 2.75) is 56.4 Å². The largest absolute Gasteiger partial charge is 0.345 e.